The molecular weight excluding hydrogens is 929 g/mol. The van der Waals surface area contributed by atoms with Gasteiger partial charge in [0.25, 0.3) is 0 Å². The summed E-state index contributed by atoms with van der Waals surface area (Å²) in [6, 6.07) is 9.78. The van der Waals surface area contributed by atoms with Gasteiger partial charge in [0.1, 0.15) is 12.7 Å². The lowest BCUT2D eigenvalue weighted by Crippen LogP contribution is -2.69. The number of hydrogen-bond acceptors (Lipinski definition) is 12. The second kappa shape index (κ2) is 21.9. The number of esters is 2. The molecule has 6 aliphatic carbocycles. The molecule has 406 valence electrons. The Balaban J connectivity index is 0.930. The maximum atomic E-state index is 14.2. The summed E-state index contributed by atoms with van der Waals surface area (Å²) < 4.78 is 60.7. The summed E-state index contributed by atoms with van der Waals surface area (Å²) in [5.41, 5.74) is 1.98. The van der Waals surface area contributed by atoms with E-state index in [-0.39, 0.29) is 87.3 Å². The molecule has 14 atom stereocenters. The van der Waals surface area contributed by atoms with Gasteiger partial charge in [-0.2, -0.15) is 0 Å². The summed E-state index contributed by atoms with van der Waals surface area (Å²) >= 11 is 0. The van der Waals surface area contributed by atoms with Gasteiger partial charge in [-0.3, -0.25) is 14.5 Å². The quantitative estimate of drug-likeness (QED) is 0.0713. The highest BCUT2D eigenvalue weighted by molar-refractivity contribution is 7.91. The average Bonchev–Trinajstić information content (AvgIpc) is 3.72. The van der Waals surface area contributed by atoms with Crippen LogP contribution in [0.1, 0.15) is 139 Å². The minimum atomic E-state index is -3.04. The minimum Gasteiger partial charge on any atom is -0.462 e. The van der Waals surface area contributed by atoms with Crippen LogP contribution in [-0.2, 0) is 54.5 Å². The van der Waals surface area contributed by atoms with Gasteiger partial charge in [-0.15, -0.1) is 0 Å². The normalized spacial score (nSPS) is 38.4. The molecule has 1 heterocycles. The molecule has 1 saturated heterocycles. The minimum absolute atomic E-state index is 0.0225. The number of rotatable bonds is 21. The fourth-order valence-corrected chi connectivity index (χ4v) is 18.5. The molecule has 72 heavy (non-hydrogen) atoms. The van der Waals surface area contributed by atoms with Crippen LogP contribution in [0.2, 0.25) is 0 Å². The van der Waals surface area contributed by atoms with Crippen molar-refractivity contribution in [2.24, 2.45) is 68.5 Å². The maximum Gasteiger partial charge on any atom is 0.309 e. The first kappa shape index (κ1) is 55.8. The first-order chi connectivity index (χ1) is 34.0. The van der Waals surface area contributed by atoms with Crippen LogP contribution in [0.15, 0.2) is 42.5 Å². The Bertz CT molecular complexity index is 2150. The zero-order valence-electron chi connectivity index (χ0n) is 46.1. The third-order valence-corrected chi connectivity index (χ3v) is 23.4. The summed E-state index contributed by atoms with van der Waals surface area (Å²) in [7, 11) is -1.38. The SMILES string of the molecule is C=C(C)[C@@H]1CC[C@]2(NCC([C@@H](C)OCCOCCOCCOC)N3CCS(=O)(=O)CC3)CC[C@]3(C)[C@H](CC[C@@H]4[C@@]5(C)CC[C@H](OC(=O)[C@H]6C[C@@H](C(=O)OCc7ccccc7)C6(C)C)C(C)(C)[C@@H]5CC[C@]43C)[C@@H]12. The van der Waals surface area contributed by atoms with Gasteiger partial charge in [-0.05, 0) is 141 Å². The Morgan fingerprint density at radius 2 is 1.43 bits per heavy atom. The van der Waals surface area contributed by atoms with Crippen LogP contribution in [-0.4, -0.2) is 127 Å². The topological polar surface area (TPSA) is 139 Å². The van der Waals surface area contributed by atoms with Gasteiger partial charge >= 0.3 is 11.9 Å². The van der Waals surface area contributed by atoms with E-state index in [4.69, 9.17) is 28.4 Å². The van der Waals surface area contributed by atoms with Gasteiger partial charge in [0.05, 0.1) is 69.1 Å². The van der Waals surface area contributed by atoms with Crippen molar-refractivity contribution in [1.82, 2.24) is 10.2 Å². The van der Waals surface area contributed by atoms with Crippen molar-refractivity contribution < 1.29 is 46.4 Å². The van der Waals surface area contributed by atoms with E-state index in [0.717, 1.165) is 50.6 Å². The van der Waals surface area contributed by atoms with E-state index in [2.05, 4.69) is 65.3 Å². The van der Waals surface area contributed by atoms with Crippen molar-refractivity contribution in [3.05, 3.63) is 48.0 Å². The number of carbonyl (C=O) groups is 2. The number of hydrogen-bond donors (Lipinski definition) is 1. The van der Waals surface area contributed by atoms with Gasteiger partial charge in [-0.25, -0.2) is 8.42 Å². The van der Waals surface area contributed by atoms with Crippen LogP contribution in [0.5, 0.6) is 0 Å². The first-order valence-electron chi connectivity index (χ1n) is 28.1. The van der Waals surface area contributed by atoms with Crippen molar-refractivity contribution in [3.63, 3.8) is 0 Å². The molecule has 6 saturated carbocycles. The molecule has 7 aliphatic rings. The standard InChI is InChI=1S/C59H94N2O10S/c1-40(2)43-19-24-59(60-38-47(61-27-35-72(64,65)36-28-61)41(3)69-34-33-68-32-31-67-30-29-66-11)26-25-57(9)44(51(43)59)17-18-49-56(8)22-21-50(55(6,7)48(56)20-23-58(49,57)10)71-53(63)46-37-45(54(46,4)5)52(62)70-39-42-15-13-12-14-16-42/h12-16,41,43-51,60H,1,17-39H2,2-11H3/t41-,43+,44-,45+,46-,47?,48+,49-,50+,51-,56+,57-,58-,59+/m1/s1. The predicted octanol–water partition coefficient (Wildman–Crippen LogP) is 9.49. The number of benzene rings is 1. The Morgan fingerprint density at radius 1 is 0.764 bits per heavy atom. The molecule has 1 aliphatic heterocycles. The van der Waals surface area contributed by atoms with Crippen LogP contribution in [0.4, 0.5) is 0 Å². The molecule has 7 fully saturated rings. The zero-order valence-corrected chi connectivity index (χ0v) is 46.9. The van der Waals surface area contributed by atoms with E-state index in [9.17, 15) is 18.0 Å². The fourth-order valence-electron chi connectivity index (χ4n) is 17.2. The molecular formula is C59H94N2O10S. The summed E-state index contributed by atoms with van der Waals surface area (Å²) in [6.07, 6.45) is 11.5. The molecule has 12 nitrogen and oxygen atoms in total. The molecule has 0 spiro atoms. The molecule has 1 unspecified atom stereocenters. The Labute approximate surface area is 434 Å². The second-order valence-corrected chi connectivity index (χ2v) is 28.1. The van der Waals surface area contributed by atoms with E-state index >= 15 is 0 Å². The van der Waals surface area contributed by atoms with Crippen LogP contribution in [0.25, 0.3) is 0 Å². The maximum absolute atomic E-state index is 14.2. The molecule has 1 N–H and O–H groups in total. The van der Waals surface area contributed by atoms with Crippen LogP contribution >= 0.6 is 0 Å². The molecule has 0 amide bonds. The molecule has 13 heteroatoms. The number of nitrogens with one attached hydrogen (secondary N) is 1. The number of allylic oxidation sites excluding steroid dienone is 1. The molecule has 0 bridgehead atoms. The zero-order chi connectivity index (χ0) is 51.9. The van der Waals surface area contributed by atoms with Gasteiger partial charge < -0.3 is 33.7 Å². The summed E-state index contributed by atoms with van der Waals surface area (Å²) in [5, 5.41) is 4.34. The molecule has 0 radical (unpaired) electrons. The van der Waals surface area contributed by atoms with Crippen LogP contribution < -0.4 is 5.32 Å². The molecule has 8 rings (SSSR count). The van der Waals surface area contributed by atoms with Crippen molar-refractivity contribution in [2.75, 3.05) is 77.9 Å². The number of ether oxygens (including phenoxy) is 6. The number of carbonyl (C=O) groups excluding carboxylic acids is 2. The third kappa shape index (κ3) is 10.6. The number of nitrogens with zero attached hydrogens (tertiary/aromatic N) is 1. The number of fused-ring (bicyclic) bond motifs is 7. The Kier molecular flexibility index (Phi) is 17.0. The number of methoxy groups -OCH3 is 1. The molecule has 1 aromatic rings. The summed E-state index contributed by atoms with van der Waals surface area (Å²) in [6.45, 7) is 31.0. The largest absolute Gasteiger partial charge is 0.462 e. The van der Waals surface area contributed by atoms with E-state index in [1.807, 2.05) is 44.2 Å². The van der Waals surface area contributed by atoms with Crippen molar-refractivity contribution in [2.45, 2.75) is 163 Å². The smallest absolute Gasteiger partial charge is 0.309 e. The van der Waals surface area contributed by atoms with Crippen LogP contribution in [0.3, 0.4) is 0 Å². The van der Waals surface area contributed by atoms with Crippen molar-refractivity contribution in [1.29, 1.82) is 0 Å². The van der Waals surface area contributed by atoms with E-state index in [1.54, 1.807) is 7.11 Å². The monoisotopic (exact) mass is 1020 g/mol. The van der Waals surface area contributed by atoms with Gasteiger partial charge in [0.2, 0.25) is 0 Å². The highest BCUT2D eigenvalue weighted by atomic mass is 32.2. The predicted molar refractivity (Wildman–Crippen MR) is 282 cm³/mol. The lowest BCUT2D eigenvalue weighted by Gasteiger charge is -2.73. The Morgan fingerprint density at radius 3 is 2.10 bits per heavy atom. The van der Waals surface area contributed by atoms with Gasteiger partial charge in [0.15, 0.2) is 9.84 Å². The van der Waals surface area contributed by atoms with E-state index in [1.165, 1.54) is 31.3 Å². The van der Waals surface area contributed by atoms with E-state index in [0.29, 0.717) is 88.7 Å². The lowest BCUT2D eigenvalue weighted by atomic mass is 9.32. The molecule has 1 aromatic carbocycles. The highest BCUT2D eigenvalue weighted by Gasteiger charge is 2.71. The second-order valence-electron chi connectivity index (χ2n) is 25.8. The lowest BCUT2D eigenvalue weighted by molar-refractivity contribution is -0.248. The van der Waals surface area contributed by atoms with E-state index < -0.39 is 15.3 Å². The highest BCUT2D eigenvalue weighted by Crippen LogP contribution is 2.76. The van der Waals surface area contributed by atoms with Crippen molar-refractivity contribution in [3.8, 4) is 0 Å². The summed E-state index contributed by atoms with van der Waals surface area (Å²) in [4.78, 5) is 29.8. The fraction of sp³-hybridized carbons (Fsp3) is 0.831. The molecule has 0 aromatic heterocycles. The summed E-state index contributed by atoms with van der Waals surface area (Å²) in [5.74, 6) is 1.83. The van der Waals surface area contributed by atoms with Gasteiger partial charge in [-0.1, -0.05) is 91.0 Å². The average molecular weight is 1020 g/mol. The number of sulfone groups is 1. The van der Waals surface area contributed by atoms with Gasteiger partial charge in [0, 0.05) is 43.7 Å². The first-order valence-corrected chi connectivity index (χ1v) is 29.9. The van der Waals surface area contributed by atoms with Crippen LogP contribution in [0, 0.1) is 68.5 Å². The third-order valence-electron chi connectivity index (χ3n) is 21.8. The van der Waals surface area contributed by atoms with Crippen molar-refractivity contribution >= 4 is 21.8 Å². The Hall–Kier alpha value is -2.39.